The molecule has 4 aliphatic carbocycles. The standard InChI is InChI=1S/C24H41FN2O/c1-22(2,3)4-7-27-8-5-24(25,6-9-27)17-26-21(28)16-23-13-18-10-19(14-23)12-20(11-18)15-23/h18-20H,4-17H2,1-3H3,(H,26,28). The molecule has 1 saturated heterocycles. The highest BCUT2D eigenvalue weighted by molar-refractivity contribution is 5.76. The number of rotatable bonds is 6. The van der Waals surface area contributed by atoms with E-state index in [0.717, 1.165) is 43.8 Å². The van der Waals surface area contributed by atoms with Crippen LogP contribution in [0.1, 0.15) is 85.0 Å². The van der Waals surface area contributed by atoms with Crippen LogP contribution in [-0.2, 0) is 4.79 Å². The molecule has 0 aromatic heterocycles. The highest BCUT2D eigenvalue weighted by atomic mass is 19.1. The second kappa shape index (κ2) is 7.56. The molecule has 0 radical (unpaired) electrons. The normalized spacial score (nSPS) is 37.2. The summed E-state index contributed by atoms with van der Waals surface area (Å²) in [6, 6.07) is 0. The molecular weight excluding hydrogens is 351 g/mol. The smallest absolute Gasteiger partial charge is 0.220 e. The van der Waals surface area contributed by atoms with Crippen LogP contribution in [0.25, 0.3) is 0 Å². The van der Waals surface area contributed by atoms with Gasteiger partial charge in [0.15, 0.2) is 0 Å². The summed E-state index contributed by atoms with van der Waals surface area (Å²) < 4.78 is 15.2. The SMILES string of the molecule is CC(C)(C)CCN1CCC(F)(CNC(=O)CC23CC4CC(CC(C4)C2)C3)CC1. The number of nitrogens with zero attached hydrogens (tertiary/aromatic N) is 1. The molecule has 4 bridgehead atoms. The predicted octanol–water partition coefficient (Wildman–Crippen LogP) is 4.95. The van der Waals surface area contributed by atoms with Gasteiger partial charge in [-0.2, -0.15) is 0 Å². The summed E-state index contributed by atoms with van der Waals surface area (Å²) in [5, 5.41) is 3.01. The molecule has 1 N–H and O–H groups in total. The lowest BCUT2D eigenvalue weighted by Gasteiger charge is -2.56. The van der Waals surface area contributed by atoms with Crippen molar-refractivity contribution in [3.05, 3.63) is 0 Å². The fourth-order valence-corrected chi connectivity index (χ4v) is 7.01. The van der Waals surface area contributed by atoms with Crippen LogP contribution >= 0.6 is 0 Å². The van der Waals surface area contributed by atoms with Gasteiger partial charge in [0, 0.05) is 19.5 Å². The number of halogens is 1. The fraction of sp³-hybridized carbons (Fsp3) is 0.958. The van der Waals surface area contributed by atoms with E-state index in [-0.39, 0.29) is 17.9 Å². The van der Waals surface area contributed by atoms with Gasteiger partial charge in [0.2, 0.25) is 5.91 Å². The van der Waals surface area contributed by atoms with Gasteiger partial charge in [0.25, 0.3) is 0 Å². The first kappa shape index (κ1) is 20.6. The molecule has 1 aliphatic heterocycles. The number of nitrogens with one attached hydrogen (secondary N) is 1. The summed E-state index contributed by atoms with van der Waals surface area (Å²) in [6.07, 6.45) is 10.8. The molecule has 0 aromatic carbocycles. The van der Waals surface area contributed by atoms with Crippen molar-refractivity contribution in [2.75, 3.05) is 26.2 Å². The number of piperidine rings is 1. The molecule has 0 aromatic rings. The molecule has 1 heterocycles. The average molecular weight is 393 g/mol. The Kier molecular flexibility index (Phi) is 5.57. The summed E-state index contributed by atoms with van der Waals surface area (Å²) >= 11 is 0. The van der Waals surface area contributed by atoms with Gasteiger partial charge in [-0.15, -0.1) is 0 Å². The Balaban J connectivity index is 1.21. The maximum absolute atomic E-state index is 15.2. The zero-order chi connectivity index (χ0) is 20.0. The third-order valence-corrected chi connectivity index (χ3v) is 8.23. The van der Waals surface area contributed by atoms with E-state index in [1.54, 1.807) is 0 Å². The van der Waals surface area contributed by atoms with Gasteiger partial charge in [-0.05, 0) is 92.9 Å². The van der Waals surface area contributed by atoms with Crippen LogP contribution in [0.4, 0.5) is 4.39 Å². The molecule has 160 valence electrons. The zero-order valence-corrected chi connectivity index (χ0v) is 18.4. The van der Waals surface area contributed by atoms with Gasteiger partial charge in [0.05, 0.1) is 6.54 Å². The third-order valence-electron chi connectivity index (χ3n) is 8.23. The van der Waals surface area contributed by atoms with Crippen LogP contribution in [0.5, 0.6) is 0 Å². The average Bonchev–Trinajstić information content (AvgIpc) is 2.57. The van der Waals surface area contributed by atoms with Crippen molar-refractivity contribution in [2.45, 2.75) is 90.6 Å². The predicted molar refractivity (Wildman–Crippen MR) is 112 cm³/mol. The zero-order valence-electron chi connectivity index (χ0n) is 18.4. The van der Waals surface area contributed by atoms with E-state index in [4.69, 9.17) is 0 Å². The molecular formula is C24H41FN2O. The van der Waals surface area contributed by atoms with Gasteiger partial charge in [0.1, 0.15) is 5.67 Å². The number of hydrogen-bond donors (Lipinski definition) is 1. The Morgan fingerprint density at radius 1 is 1.04 bits per heavy atom. The lowest BCUT2D eigenvalue weighted by Crippen LogP contribution is -2.51. The molecule has 4 heteroatoms. The largest absolute Gasteiger partial charge is 0.353 e. The van der Waals surface area contributed by atoms with Crippen LogP contribution in [-0.4, -0.2) is 42.7 Å². The highest BCUT2D eigenvalue weighted by Gasteiger charge is 2.51. The Morgan fingerprint density at radius 2 is 1.57 bits per heavy atom. The first-order valence-electron chi connectivity index (χ1n) is 11.8. The molecule has 4 saturated carbocycles. The van der Waals surface area contributed by atoms with Crippen LogP contribution in [0.2, 0.25) is 0 Å². The molecule has 5 rings (SSSR count). The number of carbonyl (C=O) groups is 1. The van der Waals surface area contributed by atoms with Crippen molar-refractivity contribution < 1.29 is 9.18 Å². The van der Waals surface area contributed by atoms with Gasteiger partial charge in [-0.1, -0.05) is 20.8 Å². The molecule has 5 aliphatic rings. The van der Waals surface area contributed by atoms with Gasteiger partial charge in [-0.3, -0.25) is 4.79 Å². The molecule has 0 spiro atoms. The lowest BCUT2D eigenvalue weighted by atomic mass is 9.49. The van der Waals surface area contributed by atoms with Crippen molar-refractivity contribution in [1.82, 2.24) is 10.2 Å². The highest BCUT2D eigenvalue weighted by Crippen LogP contribution is 2.61. The maximum Gasteiger partial charge on any atom is 0.220 e. The summed E-state index contributed by atoms with van der Waals surface area (Å²) in [7, 11) is 0. The number of amides is 1. The van der Waals surface area contributed by atoms with Crippen molar-refractivity contribution in [2.24, 2.45) is 28.6 Å². The van der Waals surface area contributed by atoms with Crippen molar-refractivity contribution in [3.8, 4) is 0 Å². The van der Waals surface area contributed by atoms with Crippen LogP contribution < -0.4 is 5.32 Å². The summed E-state index contributed by atoms with van der Waals surface area (Å²) in [5.74, 6) is 2.70. The van der Waals surface area contributed by atoms with E-state index < -0.39 is 5.67 Å². The van der Waals surface area contributed by atoms with E-state index in [1.807, 2.05) is 0 Å². The minimum atomic E-state index is -1.21. The van der Waals surface area contributed by atoms with E-state index in [0.29, 0.717) is 24.7 Å². The number of hydrogen-bond acceptors (Lipinski definition) is 2. The summed E-state index contributed by atoms with van der Waals surface area (Å²) in [5.41, 5.74) is -0.635. The minimum absolute atomic E-state index is 0.106. The second-order valence-electron chi connectivity index (χ2n) is 12.2. The first-order chi connectivity index (χ1) is 13.1. The molecule has 0 unspecified atom stereocenters. The minimum Gasteiger partial charge on any atom is -0.353 e. The number of likely N-dealkylation sites (tertiary alicyclic amines) is 1. The Hall–Kier alpha value is -0.640. The van der Waals surface area contributed by atoms with Gasteiger partial charge in [-0.25, -0.2) is 4.39 Å². The molecule has 5 fully saturated rings. The van der Waals surface area contributed by atoms with E-state index in [9.17, 15) is 4.79 Å². The molecule has 3 nitrogen and oxygen atoms in total. The maximum atomic E-state index is 15.2. The Morgan fingerprint density at radius 3 is 2.07 bits per heavy atom. The van der Waals surface area contributed by atoms with Crippen molar-refractivity contribution >= 4 is 5.91 Å². The van der Waals surface area contributed by atoms with Crippen molar-refractivity contribution in [3.63, 3.8) is 0 Å². The second-order valence-corrected chi connectivity index (χ2v) is 12.2. The van der Waals surface area contributed by atoms with Crippen LogP contribution in [0.15, 0.2) is 0 Å². The molecule has 28 heavy (non-hydrogen) atoms. The monoisotopic (exact) mass is 392 g/mol. The number of alkyl halides is 1. The molecule has 0 atom stereocenters. The van der Waals surface area contributed by atoms with E-state index in [1.165, 1.54) is 38.5 Å². The first-order valence-corrected chi connectivity index (χ1v) is 11.8. The molecule has 1 amide bonds. The van der Waals surface area contributed by atoms with Crippen LogP contribution in [0, 0.1) is 28.6 Å². The fourth-order valence-electron chi connectivity index (χ4n) is 7.01. The van der Waals surface area contributed by atoms with Crippen molar-refractivity contribution in [1.29, 1.82) is 0 Å². The van der Waals surface area contributed by atoms with E-state index in [2.05, 4.69) is 31.0 Å². The Bertz CT molecular complexity index is 538. The van der Waals surface area contributed by atoms with E-state index >= 15 is 4.39 Å². The number of carbonyl (C=O) groups excluding carboxylic acids is 1. The van der Waals surface area contributed by atoms with Crippen LogP contribution in [0.3, 0.4) is 0 Å². The Labute approximate surface area is 171 Å². The topological polar surface area (TPSA) is 32.3 Å². The quantitative estimate of drug-likeness (QED) is 0.694. The summed E-state index contributed by atoms with van der Waals surface area (Å²) in [4.78, 5) is 15.1. The summed E-state index contributed by atoms with van der Waals surface area (Å²) in [6.45, 7) is 9.68. The van der Waals surface area contributed by atoms with Gasteiger partial charge >= 0.3 is 0 Å². The lowest BCUT2D eigenvalue weighted by molar-refractivity contribution is -0.130. The third kappa shape index (κ3) is 4.91. The van der Waals surface area contributed by atoms with Gasteiger partial charge < -0.3 is 10.2 Å².